The van der Waals surface area contributed by atoms with Gasteiger partial charge in [0.1, 0.15) is 6.54 Å². The first kappa shape index (κ1) is 14.0. The molecule has 7 heteroatoms. The van der Waals surface area contributed by atoms with Gasteiger partial charge in [-0.3, -0.25) is 4.79 Å². The van der Waals surface area contributed by atoms with E-state index in [1.165, 1.54) is 4.68 Å². The van der Waals surface area contributed by atoms with Crippen molar-refractivity contribution in [3.63, 3.8) is 0 Å². The molecule has 1 saturated carbocycles. The largest absolute Gasteiger partial charge is 0.476 e. The van der Waals surface area contributed by atoms with Crippen LogP contribution in [0.1, 0.15) is 61.1 Å². The number of aromatic nitrogens is 3. The Kier molecular flexibility index (Phi) is 3.65. The highest BCUT2D eigenvalue weighted by molar-refractivity contribution is 5.87. The Balaban J connectivity index is 1.78. The van der Waals surface area contributed by atoms with Gasteiger partial charge in [-0.05, 0) is 39.0 Å². The number of amides is 1. The van der Waals surface area contributed by atoms with Gasteiger partial charge in [-0.2, -0.15) is 0 Å². The second-order valence-corrected chi connectivity index (χ2v) is 5.99. The van der Waals surface area contributed by atoms with Crippen LogP contribution in [0.15, 0.2) is 0 Å². The van der Waals surface area contributed by atoms with E-state index in [1.807, 2.05) is 4.90 Å². The van der Waals surface area contributed by atoms with Crippen LogP contribution < -0.4 is 0 Å². The van der Waals surface area contributed by atoms with Crippen LogP contribution in [0.5, 0.6) is 0 Å². The first-order valence-corrected chi connectivity index (χ1v) is 7.54. The van der Waals surface area contributed by atoms with Crippen molar-refractivity contribution in [3.05, 3.63) is 11.4 Å². The van der Waals surface area contributed by atoms with Crippen molar-refractivity contribution in [1.29, 1.82) is 0 Å². The quantitative estimate of drug-likeness (QED) is 0.902. The van der Waals surface area contributed by atoms with E-state index in [4.69, 9.17) is 5.11 Å². The van der Waals surface area contributed by atoms with E-state index in [9.17, 15) is 9.59 Å². The summed E-state index contributed by atoms with van der Waals surface area (Å²) in [6, 6.07) is 0.248. The number of nitrogens with zero attached hydrogens (tertiary/aromatic N) is 4. The van der Waals surface area contributed by atoms with E-state index in [2.05, 4.69) is 17.2 Å². The molecule has 2 aliphatic rings. The monoisotopic (exact) mass is 292 g/mol. The SMILES string of the molecule is CC1CCCCN1C(=O)Cn1nnc(C(=O)O)c1C1CC1. The second-order valence-electron chi connectivity index (χ2n) is 5.99. The number of likely N-dealkylation sites (tertiary alicyclic amines) is 1. The molecule has 3 rings (SSSR count). The fraction of sp³-hybridized carbons (Fsp3) is 0.714. The van der Waals surface area contributed by atoms with Gasteiger partial charge >= 0.3 is 5.97 Å². The minimum absolute atomic E-state index is 0.00278. The van der Waals surface area contributed by atoms with Gasteiger partial charge in [0.2, 0.25) is 5.91 Å². The van der Waals surface area contributed by atoms with Gasteiger partial charge in [-0.25, -0.2) is 9.48 Å². The minimum atomic E-state index is -1.07. The molecule has 2 fully saturated rings. The maximum Gasteiger partial charge on any atom is 0.358 e. The van der Waals surface area contributed by atoms with Crippen molar-refractivity contribution < 1.29 is 14.7 Å². The molecule has 0 aromatic carbocycles. The van der Waals surface area contributed by atoms with E-state index in [0.29, 0.717) is 5.69 Å². The van der Waals surface area contributed by atoms with Crippen LogP contribution in [-0.4, -0.2) is 49.5 Å². The van der Waals surface area contributed by atoms with E-state index < -0.39 is 5.97 Å². The Morgan fingerprint density at radius 2 is 2.05 bits per heavy atom. The number of hydrogen-bond acceptors (Lipinski definition) is 4. The number of carbonyl (C=O) groups excluding carboxylic acids is 1. The summed E-state index contributed by atoms with van der Waals surface area (Å²) in [5, 5.41) is 16.8. The van der Waals surface area contributed by atoms with Crippen LogP contribution in [0.3, 0.4) is 0 Å². The lowest BCUT2D eigenvalue weighted by Gasteiger charge is -2.33. The van der Waals surface area contributed by atoms with Crippen LogP contribution in [0.25, 0.3) is 0 Å². The molecule has 1 N–H and O–H groups in total. The highest BCUT2D eigenvalue weighted by atomic mass is 16.4. The summed E-state index contributed by atoms with van der Waals surface area (Å²) in [6.45, 7) is 2.93. The molecular weight excluding hydrogens is 272 g/mol. The molecule has 1 aromatic rings. The van der Waals surface area contributed by atoms with Crippen LogP contribution in [0, 0.1) is 0 Å². The van der Waals surface area contributed by atoms with Crippen molar-refractivity contribution in [1.82, 2.24) is 19.9 Å². The number of carboxylic acids is 1. The van der Waals surface area contributed by atoms with E-state index in [1.54, 1.807) is 0 Å². The zero-order valence-corrected chi connectivity index (χ0v) is 12.2. The molecule has 1 aliphatic carbocycles. The zero-order valence-electron chi connectivity index (χ0n) is 12.2. The van der Waals surface area contributed by atoms with Crippen molar-refractivity contribution >= 4 is 11.9 Å². The maximum atomic E-state index is 12.4. The van der Waals surface area contributed by atoms with Crippen LogP contribution in [-0.2, 0) is 11.3 Å². The molecule has 0 bridgehead atoms. The van der Waals surface area contributed by atoms with Crippen LogP contribution >= 0.6 is 0 Å². The molecule has 7 nitrogen and oxygen atoms in total. The number of piperidine rings is 1. The third kappa shape index (κ3) is 2.77. The van der Waals surface area contributed by atoms with Gasteiger partial charge in [0.25, 0.3) is 0 Å². The summed E-state index contributed by atoms with van der Waals surface area (Å²) in [7, 11) is 0. The van der Waals surface area contributed by atoms with Crippen molar-refractivity contribution in [2.24, 2.45) is 0 Å². The highest BCUT2D eigenvalue weighted by Gasteiger charge is 2.35. The molecule has 1 aromatic heterocycles. The molecule has 1 aliphatic heterocycles. The number of rotatable bonds is 4. The average molecular weight is 292 g/mol. The molecule has 1 saturated heterocycles. The zero-order chi connectivity index (χ0) is 15.0. The second kappa shape index (κ2) is 5.46. The predicted octanol–water partition coefficient (Wildman–Crippen LogP) is 1.25. The molecule has 21 heavy (non-hydrogen) atoms. The van der Waals surface area contributed by atoms with Gasteiger partial charge in [-0.15, -0.1) is 5.10 Å². The summed E-state index contributed by atoms with van der Waals surface area (Å²) in [6.07, 6.45) is 5.11. The number of hydrogen-bond donors (Lipinski definition) is 1. The molecule has 2 heterocycles. The summed E-state index contributed by atoms with van der Waals surface area (Å²) in [5.74, 6) is -0.870. The third-order valence-corrected chi connectivity index (χ3v) is 4.35. The normalized spacial score (nSPS) is 22.3. The summed E-state index contributed by atoms with van der Waals surface area (Å²) in [5.41, 5.74) is 0.609. The Morgan fingerprint density at radius 1 is 1.29 bits per heavy atom. The Labute approximate surface area is 122 Å². The average Bonchev–Trinajstić information content (AvgIpc) is 3.20. The molecule has 1 amide bonds. The Bertz CT molecular complexity index is 565. The molecule has 114 valence electrons. The van der Waals surface area contributed by atoms with Gasteiger partial charge < -0.3 is 10.0 Å². The van der Waals surface area contributed by atoms with Gasteiger partial charge in [0.15, 0.2) is 5.69 Å². The summed E-state index contributed by atoms with van der Waals surface area (Å²) in [4.78, 5) is 25.5. The smallest absolute Gasteiger partial charge is 0.358 e. The fourth-order valence-electron chi connectivity index (χ4n) is 3.04. The molecular formula is C14H20N4O3. The molecule has 0 spiro atoms. The van der Waals surface area contributed by atoms with E-state index >= 15 is 0 Å². The lowest BCUT2D eigenvalue weighted by molar-refractivity contribution is -0.135. The summed E-state index contributed by atoms with van der Waals surface area (Å²) < 4.78 is 1.49. The predicted molar refractivity (Wildman–Crippen MR) is 74.0 cm³/mol. The number of carboxylic acid groups (broad SMARTS) is 1. The standard InChI is InChI=1S/C14H20N4O3/c1-9-4-2-3-7-17(9)11(19)8-18-13(10-5-6-10)12(14(20)21)15-16-18/h9-10H,2-8H2,1H3,(H,20,21). The van der Waals surface area contributed by atoms with Crippen LogP contribution in [0.4, 0.5) is 0 Å². The van der Waals surface area contributed by atoms with Gasteiger partial charge in [0.05, 0.1) is 5.69 Å². The molecule has 1 atom stereocenters. The fourth-order valence-corrected chi connectivity index (χ4v) is 3.04. The lowest BCUT2D eigenvalue weighted by Crippen LogP contribution is -2.43. The van der Waals surface area contributed by atoms with E-state index in [0.717, 1.165) is 38.6 Å². The first-order valence-electron chi connectivity index (χ1n) is 7.54. The first-order chi connectivity index (χ1) is 10.1. The number of aromatic carboxylic acids is 1. The maximum absolute atomic E-state index is 12.4. The van der Waals surface area contributed by atoms with Gasteiger partial charge in [-0.1, -0.05) is 5.21 Å². The minimum Gasteiger partial charge on any atom is -0.476 e. The van der Waals surface area contributed by atoms with Crippen molar-refractivity contribution in [2.75, 3.05) is 6.54 Å². The molecule has 1 unspecified atom stereocenters. The Hall–Kier alpha value is -1.92. The number of carbonyl (C=O) groups is 2. The van der Waals surface area contributed by atoms with Crippen molar-refractivity contribution in [3.8, 4) is 0 Å². The van der Waals surface area contributed by atoms with Gasteiger partial charge in [0, 0.05) is 18.5 Å². The lowest BCUT2D eigenvalue weighted by atomic mass is 10.0. The third-order valence-electron chi connectivity index (χ3n) is 4.35. The summed E-state index contributed by atoms with van der Waals surface area (Å²) >= 11 is 0. The topological polar surface area (TPSA) is 88.3 Å². The van der Waals surface area contributed by atoms with E-state index in [-0.39, 0.29) is 30.1 Å². The Morgan fingerprint density at radius 3 is 2.67 bits per heavy atom. The highest BCUT2D eigenvalue weighted by Crippen LogP contribution is 2.41. The van der Waals surface area contributed by atoms with Crippen molar-refractivity contribution in [2.45, 2.75) is 57.5 Å². The van der Waals surface area contributed by atoms with Crippen LogP contribution in [0.2, 0.25) is 0 Å². The molecule has 0 radical (unpaired) electrons.